The molecular formula is C20H29F2N3O2. The molecule has 0 radical (unpaired) electrons. The van der Waals surface area contributed by atoms with Crippen molar-refractivity contribution in [3.63, 3.8) is 0 Å². The maximum Gasteiger partial charge on any atom is 0.251 e. The summed E-state index contributed by atoms with van der Waals surface area (Å²) in [5.41, 5.74) is 6.30. The summed E-state index contributed by atoms with van der Waals surface area (Å²) in [6, 6.07) is 4.24. The van der Waals surface area contributed by atoms with Gasteiger partial charge in [-0.05, 0) is 38.2 Å². The largest absolute Gasteiger partial charge is 0.487 e. The fourth-order valence-electron chi connectivity index (χ4n) is 4.86. The van der Waals surface area contributed by atoms with Crippen LogP contribution in [0, 0.1) is 5.41 Å². The Morgan fingerprint density at radius 2 is 1.93 bits per heavy atom. The van der Waals surface area contributed by atoms with E-state index < -0.39 is 6.43 Å². The van der Waals surface area contributed by atoms with Crippen LogP contribution in [-0.2, 0) is 11.3 Å². The van der Waals surface area contributed by atoms with Gasteiger partial charge in [0.05, 0.1) is 25.0 Å². The number of halogens is 2. The van der Waals surface area contributed by atoms with E-state index in [4.69, 9.17) is 9.57 Å². The fourth-order valence-corrected chi connectivity index (χ4v) is 4.86. The van der Waals surface area contributed by atoms with Gasteiger partial charge in [0.2, 0.25) is 0 Å². The summed E-state index contributed by atoms with van der Waals surface area (Å²) in [5.74, 6) is 0.948. The maximum atomic E-state index is 12.5. The minimum Gasteiger partial charge on any atom is -0.487 e. The average molecular weight is 381 g/mol. The van der Waals surface area contributed by atoms with Crippen molar-refractivity contribution in [3.05, 3.63) is 17.7 Å². The first-order valence-corrected chi connectivity index (χ1v) is 9.70. The average Bonchev–Trinajstić information content (AvgIpc) is 2.86. The second kappa shape index (κ2) is 6.78. The Hall–Kier alpha value is -1.60. The zero-order chi connectivity index (χ0) is 19.2. The van der Waals surface area contributed by atoms with Gasteiger partial charge >= 0.3 is 0 Å². The molecule has 2 fully saturated rings. The van der Waals surface area contributed by atoms with Gasteiger partial charge in [0.1, 0.15) is 11.4 Å². The van der Waals surface area contributed by atoms with Gasteiger partial charge in [-0.1, -0.05) is 0 Å². The standard InChI is InChI=1S/C20H29F2N3O2/c1-19(2)10-14-8-15(23-26-3)16(9-17(14)27-19)25-6-4-20(5-7-25)12-24(13-20)11-18(21)22/h8-9,18,23H,4-7,10-13H2,1-3H3. The van der Waals surface area contributed by atoms with Gasteiger partial charge in [0.25, 0.3) is 6.43 Å². The van der Waals surface area contributed by atoms with Gasteiger partial charge in [0.15, 0.2) is 0 Å². The van der Waals surface area contributed by atoms with Gasteiger partial charge in [-0.25, -0.2) is 8.78 Å². The van der Waals surface area contributed by atoms with E-state index in [9.17, 15) is 8.78 Å². The first-order chi connectivity index (χ1) is 12.8. The molecule has 1 aromatic carbocycles. The number of ether oxygens (including phenoxy) is 1. The molecule has 1 N–H and O–H groups in total. The number of fused-ring (bicyclic) bond motifs is 1. The molecule has 3 aliphatic rings. The summed E-state index contributed by atoms with van der Waals surface area (Å²) in [6.07, 6.45) is 0.704. The van der Waals surface area contributed by atoms with Crippen LogP contribution in [-0.4, -0.2) is 56.8 Å². The van der Waals surface area contributed by atoms with Crippen LogP contribution in [0.1, 0.15) is 32.3 Å². The zero-order valence-electron chi connectivity index (χ0n) is 16.4. The number of hydrogen-bond donors (Lipinski definition) is 1. The highest BCUT2D eigenvalue weighted by molar-refractivity contribution is 5.74. The van der Waals surface area contributed by atoms with Crippen LogP contribution in [0.4, 0.5) is 20.2 Å². The number of likely N-dealkylation sites (tertiary alicyclic amines) is 1. The molecule has 0 atom stereocenters. The number of alkyl halides is 2. The molecule has 0 amide bonds. The van der Waals surface area contributed by atoms with Crippen LogP contribution in [0.15, 0.2) is 12.1 Å². The van der Waals surface area contributed by atoms with Crippen molar-refractivity contribution in [3.8, 4) is 5.75 Å². The fraction of sp³-hybridized carbons (Fsp3) is 0.700. The van der Waals surface area contributed by atoms with Crippen LogP contribution in [0.2, 0.25) is 0 Å². The second-order valence-electron chi connectivity index (χ2n) is 8.87. The molecule has 1 spiro atoms. The molecule has 4 rings (SSSR count). The lowest BCUT2D eigenvalue weighted by Crippen LogP contribution is -2.61. The monoisotopic (exact) mass is 381 g/mol. The minimum atomic E-state index is -2.24. The third-order valence-electron chi connectivity index (χ3n) is 6.07. The van der Waals surface area contributed by atoms with Crippen molar-refractivity contribution < 1.29 is 18.4 Å². The summed E-state index contributed by atoms with van der Waals surface area (Å²) < 4.78 is 31.2. The van der Waals surface area contributed by atoms with Gasteiger partial charge in [-0.15, -0.1) is 0 Å². The quantitative estimate of drug-likeness (QED) is 0.790. The number of nitrogens with zero attached hydrogens (tertiary/aromatic N) is 2. The summed E-state index contributed by atoms with van der Waals surface area (Å²) in [4.78, 5) is 9.44. The third kappa shape index (κ3) is 3.72. The Balaban J connectivity index is 1.46. The maximum absolute atomic E-state index is 12.5. The normalized spacial score (nSPS) is 23.3. The minimum absolute atomic E-state index is 0.0919. The number of hydrogen-bond acceptors (Lipinski definition) is 5. The lowest BCUT2D eigenvalue weighted by Gasteiger charge is -2.54. The lowest BCUT2D eigenvalue weighted by molar-refractivity contribution is -0.0487. The molecule has 7 heteroatoms. The van der Waals surface area contributed by atoms with Crippen molar-refractivity contribution in [2.45, 2.75) is 45.1 Å². The molecule has 0 bridgehead atoms. The number of anilines is 2. The Kier molecular flexibility index (Phi) is 4.71. The van der Waals surface area contributed by atoms with E-state index in [2.05, 4.69) is 36.4 Å². The van der Waals surface area contributed by atoms with Gasteiger partial charge in [-0.2, -0.15) is 0 Å². The highest BCUT2D eigenvalue weighted by atomic mass is 19.3. The molecule has 27 heavy (non-hydrogen) atoms. The second-order valence-corrected chi connectivity index (χ2v) is 8.87. The van der Waals surface area contributed by atoms with Crippen LogP contribution in [0.5, 0.6) is 5.75 Å². The SMILES string of the molecule is CONc1cc2c(cc1N1CCC3(CC1)CN(CC(F)F)C3)OC(C)(C)C2. The van der Waals surface area contributed by atoms with Gasteiger partial charge in [0, 0.05) is 44.2 Å². The smallest absolute Gasteiger partial charge is 0.251 e. The molecule has 0 aliphatic carbocycles. The molecule has 0 unspecified atom stereocenters. The van der Waals surface area contributed by atoms with Crippen LogP contribution >= 0.6 is 0 Å². The van der Waals surface area contributed by atoms with Crippen LogP contribution in [0.25, 0.3) is 0 Å². The molecule has 0 saturated carbocycles. The Labute approximate surface area is 159 Å². The van der Waals surface area contributed by atoms with E-state index in [1.54, 1.807) is 7.11 Å². The highest BCUT2D eigenvalue weighted by Crippen LogP contribution is 2.45. The molecule has 0 aromatic heterocycles. The van der Waals surface area contributed by atoms with Crippen molar-refractivity contribution in [1.29, 1.82) is 0 Å². The number of piperidine rings is 1. The summed E-state index contributed by atoms with van der Waals surface area (Å²) >= 11 is 0. The zero-order valence-corrected chi connectivity index (χ0v) is 16.4. The third-order valence-corrected chi connectivity index (χ3v) is 6.07. The van der Waals surface area contributed by atoms with Gasteiger partial charge < -0.3 is 9.64 Å². The number of benzene rings is 1. The van der Waals surface area contributed by atoms with Gasteiger partial charge in [-0.3, -0.25) is 15.2 Å². The molecule has 5 nitrogen and oxygen atoms in total. The Morgan fingerprint density at radius 1 is 1.22 bits per heavy atom. The van der Waals surface area contributed by atoms with Crippen molar-refractivity contribution in [2.24, 2.45) is 5.41 Å². The molecule has 3 aliphatic heterocycles. The highest BCUT2D eigenvalue weighted by Gasteiger charge is 2.45. The number of rotatable bonds is 5. The lowest BCUT2D eigenvalue weighted by atomic mass is 9.72. The molecule has 3 heterocycles. The molecule has 150 valence electrons. The first kappa shape index (κ1) is 18.7. The van der Waals surface area contributed by atoms with E-state index in [1.165, 1.54) is 5.56 Å². The van der Waals surface area contributed by atoms with E-state index in [-0.39, 0.29) is 17.6 Å². The topological polar surface area (TPSA) is 37.0 Å². The predicted octanol–water partition coefficient (Wildman–Crippen LogP) is 3.54. The van der Waals surface area contributed by atoms with Crippen molar-refractivity contribution >= 4 is 11.4 Å². The molecule has 1 aromatic rings. The number of nitrogens with one attached hydrogen (secondary N) is 1. The van der Waals surface area contributed by atoms with E-state index >= 15 is 0 Å². The molecule has 2 saturated heterocycles. The van der Waals surface area contributed by atoms with Crippen LogP contribution < -0.4 is 15.1 Å². The van der Waals surface area contributed by atoms with E-state index in [0.717, 1.165) is 62.6 Å². The Morgan fingerprint density at radius 3 is 2.56 bits per heavy atom. The first-order valence-electron chi connectivity index (χ1n) is 9.70. The Bertz CT molecular complexity index is 695. The summed E-state index contributed by atoms with van der Waals surface area (Å²) in [7, 11) is 1.62. The molecular weight excluding hydrogens is 352 g/mol. The van der Waals surface area contributed by atoms with Crippen molar-refractivity contribution in [2.75, 3.05) is 50.2 Å². The van der Waals surface area contributed by atoms with Crippen LogP contribution in [0.3, 0.4) is 0 Å². The predicted molar refractivity (Wildman–Crippen MR) is 102 cm³/mol. The van der Waals surface area contributed by atoms with E-state index in [1.807, 2.05) is 4.90 Å². The van der Waals surface area contributed by atoms with Crippen molar-refractivity contribution in [1.82, 2.24) is 4.90 Å². The summed E-state index contributed by atoms with van der Waals surface area (Å²) in [6.45, 7) is 7.55. The summed E-state index contributed by atoms with van der Waals surface area (Å²) in [5, 5.41) is 0. The van der Waals surface area contributed by atoms with E-state index in [0.29, 0.717) is 0 Å².